The molecule has 0 unspecified atom stereocenters. The molecular weight excluding hydrogens is 243 g/mol. The highest BCUT2D eigenvalue weighted by molar-refractivity contribution is 5.75. The Labute approximate surface area is 95.4 Å². The molecule has 0 aromatic rings. The van der Waals surface area contributed by atoms with Gasteiger partial charge in [0.1, 0.15) is 0 Å². The molecule has 1 saturated heterocycles. The van der Waals surface area contributed by atoms with Crippen molar-refractivity contribution in [1.29, 1.82) is 0 Å². The Kier molecular flexibility index (Phi) is 4.33. The van der Waals surface area contributed by atoms with E-state index in [0.717, 1.165) is 5.06 Å². The second-order valence-corrected chi connectivity index (χ2v) is 3.60. The lowest BCUT2D eigenvalue weighted by atomic mass is 9.98. The Balaban J connectivity index is 2.38. The number of piperidine rings is 1. The molecule has 0 spiro atoms. The predicted molar refractivity (Wildman–Crippen MR) is 48.5 cm³/mol. The van der Waals surface area contributed by atoms with Crippen LogP contribution in [0.1, 0.15) is 12.8 Å². The molecule has 0 amide bonds. The van der Waals surface area contributed by atoms with Crippen LogP contribution >= 0.6 is 0 Å². The van der Waals surface area contributed by atoms with Crippen molar-refractivity contribution < 1.29 is 32.3 Å². The van der Waals surface area contributed by atoms with Crippen LogP contribution < -0.4 is 0 Å². The van der Waals surface area contributed by atoms with Crippen LogP contribution in [0.4, 0.5) is 13.2 Å². The van der Waals surface area contributed by atoms with E-state index in [9.17, 15) is 22.8 Å². The average molecular weight is 255 g/mol. The van der Waals surface area contributed by atoms with E-state index in [0.29, 0.717) is 12.8 Å². The first-order chi connectivity index (χ1) is 7.84. The number of carbonyl (C=O) groups excluding carboxylic acids is 2. The molecule has 0 radical (unpaired) electrons. The maximum Gasteiger partial charge on any atom is 0.492 e. The van der Waals surface area contributed by atoms with E-state index < -0.39 is 18.1 Å². The van der Waals surface area contributed by atoms with Crippen LogP contribution in [0.25, 0.3) is 0 Å². The lowest BCUT2D eigenvalue weighted by Crippen LogP contribution is -2.41. The van der Waals surface area contributed by atoms with E-state index in [-0.39, 0.29) is 19.0 Å². The SMILES string of the molecule is COC(=O)C1CCN(OC(=O)C(F)(F)F)CC1. The van der Waals surface area contributed by atoms with Crippen LogP contribution in [0, 0.1) is 5.92 Å². The van der Waals surface area contributed by atoms with E-state index in [1.165, 1.54) is 7.11 Å². The van der Waals surface area contributed by atoms with E-state index in [2.05, 4.69) is 9.57 Å². The fourth-order valence-corrected chi connectivity index (χ4v) is 1.52. The number of alkyl halides is 3. The van der Waals surface area contributed by atoms with Gasteiger partial charge in [0, 0.05) is 13.1 Å². The van der Waals surface area contributed by atoms with Gasteiger partial charge in [-0.1, -0.05) is 0 Å². The minimum atomic E-state index is -5.00. The summed E-state index contributed by atoms with van der Waals surface area (Å²) in [5.41, 5.74) is 0. The Morgan fingerprint density at radius 2 is 1.76 bits per heavy atom. The van der Waals surface area contributed by atoms with Gasteiger partial charge in [0.25, 0.3) is 0 Å². The second-order valence-electron chi connectivity index (χ2n) is 3.60. The number of methoxy groups -OCH3 is 1. The summed E-state index contributed by atoms with van der Waals surface area (Å²) in [4.78, 5) is 25.8. The first-order valence-electron chi connectivity index (χ1n) is 4.96. The van der Waals surface area contributed by atoms with Crippen molar-refractivity contribution in [1.82, 2.24) is 5.06 Å². The third-order valence-electron chi connectivity index (χ3n) is 2.43. The standard InChI is InChI=1S/C9H12F3NO4/c1-16-7(14)6-2-4-13(5-3-6)17-8(15)9(10,11)12/h6H,2-5H2,1H3. The molecule has 5 nitrogen and oxygen atoms in total. The van der Waals surface area contributed by atoms with Gasteiger partial charge in [-0.05, 0) is 12.8 Å². The van der Waals surface area contributed by atoms with Gasteiger partial charge in [0.2, 0.25) is 0 Å². The number of hydrogen-bond donors (Lipinski definition) is 0. The van der Waals surface area contributed by atoms with Crippen molar-refractivity contribution in [2.24, 2.45) is 5.92 Å². The molecule has 1 aliphatic heterocycles. The molecule has 8 heteroatoms. The summed E-state index contributed by atoms with van der Waals surface area (Å²) in [6.45, 7) is 0.170. The number of ether oxygens (including phenoxy) is 1. The van der Waals surface area contributed by atoms with E-state index in [1.807, 2.05) is 0 Å². The zero-order valence-electron chi connectivity index (χ0n) is 9.12. The molecule has 0 saturated carbocycles. The molecule has 17 heavy (non-hydrogen) atoms. The van der Waals surface area contributed by atoms with Crippen LogP contribution in [-0.2, 0) is 19.2 Å². The van der Waals surface area contributed by atoms with Crippen LogP contribution in [0.15, 0.2) is 0 Å². The number of hydroxylamine groups is 2. The van der Waals surface area contributed by atoms with Crippen LogP contribution in [0.5, 0.6) is 0 Å². The van der Waals surface area contributed by atoms with Crippen molar-refractivity contribution in [3.8, 4) is 0 Å². The summed E-state index contributed by atoms with van der Waals surface area (Å²) >= 11 is 0. The molecule has 1 heterocycles. The average Bonchev–Trinajstić information content (AvgIpc) is 2.27. The highest BCUT2D eigenvalue weighted by Crippen LogP contribution is 2.22. The van der Waals surface area contributed by atoms with Gasteiger partial charge in [-0.3, -0.25) is 4.79 Å². The number of esters is 1. The zero-order chi connectivity index (χ0) is 13.1. The van der Waals surface area contributed by atoms with Gasteiger partial charge in [0.15, 0.2) is 0 Å². The second kappa shape index (κ2) is 5.35. The highest BCUT2D eigenvalue weighted by Gasteiger charge is 2.43. The lowest BCUT2D eigenvalue weighted by Gasteiger charge is -2.29. The number of carbonyl (C=O) groups is 2. The third kappa shape index (κ3) is 3.88. The van der Waals surface area contributed by atoms with Crippen molar-refractivity contribution in [3.05, 3.63) is 0 Å². The quantitative estimate of drug-likeness (QED) is 0.686. The molecule has 0 aromatic carbocycles. The fourth-order valence-electron chi connectivity index (χ4n) is 1.52. The topological polar surface area (TPSA) is 55.8 Å². The van der Waals surface area contributed by atoms with Crippen molar-refractivity contribution in [2.45, 2.75) is 19.0 Å². The van der Waals surface area contributed by atoms with Crippen LogP contribution in [0.3, 0.4) is 0 Å². The number of halogens is 3. The van der Waals surface area contributed by atoms with Gasteiger partial charge in [-0.25, -0.2) is 4.79 Å². The summed E-state index contributed by atoms with van der Waals surface area (Å²) in [5.74, 6) is -2.98. The maximum atomic E-state index is 11.9. The van der Waals surface area contributed by atoms with Gasteiger partial charge < -0.3 is 9.57 Å². The Morgan fingerprint density at radius 3 is 2.18 bits per heavy atom. The first-order valence-corrected chi connectivity index (χ1v) is 4.96. The number of hydrogen-bond acceptors (Lipinski definition) is 5. The molecule has 1 fully saturated rings. The smallest absolute Gasteiger partial charge is 0.469 e. The normalized spacial score (nSPS) is 18.8. The minimum Gasteiger partial charge on any atom is -0.469 e. The minimum absolute atomic E-state index is 0.0849. The lowest BCUT2D eigenvalue weighted by molar-refractivity contribution is -0.242. The predicted octanol–water partition coefficient (Wildman–Crippen LogP) is 0.892. The van der Waals surface area contributed by atoms with Crippen molar-refractivity contribution >= 4 is 11.9 Å². The fraction of sp³-hybridized carbons (Fsp3) is 0.778. The van der Waals surface area contributed by atoms with Gasteiger partial charge in [0.05, 0.1) is 13.0 Å². The molecule has 0 atom stereocenters. The highest BCUT2D eigenvalue weighted by atomic mass is 19.4. The molecule has 0 N–H and O–H groups in total. The molecule has 1 rings (SSSR count). The summed E-state index contributed by atoms with van der Waals surface area (Å²) < 4.78 is 40.2. The first kappa shape index (κ1) is 13.8. The number of rotatable bonds is 2. The maximum absolute atomic E-state index is 11.9. The van der Waals surface area contributed by atoms with Gasteiger partial charge in [-0.2, -0.15) is 13.2 Å². The molecule has 0 aromatic heterocycles. The summed E-state index contributed by atoms with van der Waals surface area (Å²) in [7, 11) is 1.25. The van der Waals surface area contributed by atoms with Crippen molar-refractivity contribution in [3.63, 3.8) is 0 Å². The Morgan fingerprint density at radius 1 is 1.24 bits per heavy atom. The summed E-state index contributed by atoms with van der Waals surface area (Å²) in [6.07, 6.45) is -4.39. The molecule has 0 bridgehead atoms. The van der Waals surface area contributed by atoms with Gasteiger partial charge in [-0.15, -0.1) is 5.06 Å². The largest absolute Gasteiger partial charge is 0.492 e. The van der Waals surface area contributed by atoms with E-state index in [4.69, 9.17) is 0 Å². The summed E-state index contributed by atoms with van der Waals surface area (Å²) in [6, 6.07) is 0. The summed E-state index contributed by atoms with van der Waals surface area (Å²) in [5, 5.41) is 0.912. The Bertz CT molecular complexity index is 297. The van der Waals surface area contributed by atoms with E-state index >= 15 is 0 Å². The molecule has 0 aliphatic carbocycles. The van der Waals surface area contributed by atoms with Crippen LogP contribution in [-0.4, -0.2) is 43.4 Å². The number of nitrogens with zero attached hydrogens (tertiary/aromatic N) is 1. The van der Waals surface area contributed by atoms with Crippen molar-refractivity contribution in [2.75, 3.05) is 20.2 Å². The van der Waals surface area contributed by atoms with E-state index in [1.54, 1.807) is 0 Å². The monoisotopic (exact) mass is 255 g/mol. The van der Waals surface area contributed by atoms with Crippen LogP contribution in [0.2, 0.25) is 0 Å². The molecule has 1 aliphatic rings. The zero-order valence-corrected chi connectivity index (χ0v) is 9.12. The third-order valence-corrected chi connectivity index (χ3v) is 2.43. The van der Waals surface area contributed by atoms with Gasteiger partial charge >= 0.3 is 18.1 Å². The molecule has 98 valence electrons. The Hall–Kier alpha value is -1.31. The molecular formula is C9H12F3NO4.